The molecule has 2 aromatic carbocycles. The highest BCUT2D eigenvalue weighted by Crippen LogP contribution is 2.35. The number of pyridine rings is 1. The fraction of sp³-hybridized carbons (Fsp3) is 0.214. The van der Waals surface area contributed by atoms with E-state index in [1.807, 2.05) is 49.4 Å². The van der Waals surface area contributed by atoms with Crippen LogP contribution in [-0.4, -0.2) is 16.5 Å². The third-order valence-electron chi connectivity index (χ3n) is 6.32. The van der Waals surface area contributed by atoms with Crippen molar-refractivity contribution < 1.29 is 9.15 Å². The third-order valence-corrected chi connectivity index (χ3v) is 6.32. The number of ether oxygens (including phenoxy) is 1. The SMILES string of the molecule is CCc1c(C)c(C#N)c2nc3ccccc3n2c1N(Cc1ccc(OC)cc1)Cc1ccco1. The van der Waals surface area contributed by atoms with Gasteiger partial charge in [-0.2, -0.15) is 5.26 Å². The highest BCUT2D eigenvalue weighted by Gasteiger charge is 2.24. The number of aromatic nitrogens is 2. The number of hydrogen-bond donors (Lipinski definition) is 0. The van der Waals surface area contributed by atoms with Crippen LogP contribution in [0.3, 0.4) is 0 Å². The van der Waals surface area contributed by atoms with Gasteiger partial charge < -0.3 is 14.1 Å². The van der Waals surface area contributed by atoms with Crippen molar-refractivity contribution in [2.45, 2.75) is 33.4 Å². The maximum absolute atomic E-state index is 10.0. The normalized spacial score (nSPS) is 11.1. The maximum Gasteiger partial charge on any atom is 0.157 e. The van der Waals surface area contributed by atoms with Crippen molar-refractivity contribution in [1.29, 1.82) is 5.26 Å². The average Bonchev–Trinajstić information content (AvgIpc) is 3.51. The molecule has 0 unspecified atom stereocenters. The van der Waals surface area contributed by atoms with Gasteiger partial charge in [-0.25, -0.2) is 4.98 Å². The van der Waals surface area contributed by atoms with Crippen LogP contribution in [0.15, 0.2) is 71.3 Å². The zero-order chi connectivity index (χ0) is 23.7. The van der Waals surface area contributed by atoms with Crippen LogP contribution < -0.4 is 9.64 Å². The van der Waals surface area contributed by atoms with E-state index in [0.717, 1.165) is 51.5 Å². The molecule has 3 heterocycles. The van der Waals surface area contributed by atoms with Crippen LogP contribution in [0.2, 0.25) is 0 Å². The van der Waals surface area contributed by atoms with E-state index in [4.69, 9.17) is 14.1 Å². The molecule has 5 rings (SSSR count). The van der Waals surface area contributed by atoms with Crippen molar-refractivity contribution in [2.75, 3.05) is 12.0 Å². The number of benzene rings is 2. The number of para-hydroxylation sites is 2. The molecule has 5 aromatic rings. The molecule has 34 heavy (non-hydrogen) atoms. The summed E-state index contributed by atoms with van der Waals surface area (Å²) in [5.74, 6) is 2.73. The molecule has 0 amide bonds. The Morgan fingerprint density at radius 2 is 1.85 bits per heavy atom. The van der Waals surface area contributed by atoms with E-state index in [0.29, 0.717) is 24.3 Å². The van der Waals surface area contributed by atoms with Crippen LogP contribution in [0.4, 0.5) is 5.82 Å². The molecule has 0 fully saturated rings. The van der Waals surface area contributed by atoms with E-state index in [9.17, 15) is 5.26 Å². The summed E-state index contributed by atoms with van der Waals surface area (Å²) in [7, 11) is 1.67. The number of anilines is 1. The second-order valence-electron chi connectivity index (χ2n) is 8.31. The van der Waals surface area contributed by atoms with Crippen molar-refractivity contribution in [1.82, 2.24) is 9.38 Å². The number of nitrogens with zero attached hydrogens (tertiary/aromatic N) is 4. The second-order valence-corrected chi connectivity index (χ2v) is 8.31. The summed E-state index contributed by atoms with van der Waals surface area (Å²) in [5, 5.41) is 10.0. The van der Waals surface area contributed by atoms with Gasteiger partial charge >= 0.3 is 0 Å². The van der Waals surface area contributed by atoms with Gasteiger partial charge in [-0.15, -0.1) is 0 Å². The van der Waals surface area contributed by atoms with Crippen molar-refractivity contribution >= 4 is 22.5 Å². The van der Waals surface area contributed by atoms with Crippen molar-refractivity contribution in [3.8, 4) is 11.8 Å². The van der Waals surface area contributed by atoms with Gasteiger partial charge in [0.05, 0.1) is 36.5 Å². The average molecular weight is 451 g/mol. The standard InChI is InChI=1S/C28H26N4O2/c1-4-23-19(2)24(16-29)27-30-25-9-5-6-10-26(25)32(27)28(23)31(18-22-8-7-15-34-22)17-20-11-13-21(33-3)14-12-20/h5-15H,4,17-18H2,1-3H3. The Labute approximate surface area is 198 Å². The Hall–Kier alpha value is -4.24. The largest absolute Gasteiger partial charge is 0.497 e. The minimum absolute atomic E-state index is 0.582. The first kappa shape index (κ1) is 21.6. The van der Waals surface area contributed by atoms with Crippen LogP contribution in [-0.2, 0) is 19.5 Å². The topological polar surface area (TPSA) is 66.7 Å². The summed E-state index contributed by atoms with van der Waals surface area (Å²) in [6.45, 7) is 5.40. The summed E-state index contributed by atoms with van der Waals surface area (Å²) in [4.78, 5) is 7.18. The molecule has 0 saturated carbocycles. The molecule has 0 atom stereocenters. The maximum atomic E-state index is 10.0. The first-order chi connectivity index (χ1) is 16.6. The van der Waals surface area contributed by atoms with Crippen molar-refractivity contribution in [3.05, 3.63) is 94.9 Å². The van der Waals surface area contributed by atoms with Gasteiger partial charge in [0.15, 0.2) is 5.65 Å². The van der Waals surface area contributed by atoms with Crippen LogP contribution in [0.25, 0.3) is 16.7 Å². The van der Waals surface area contributed by atoms with Crippen molar-refractivity contribution in [3.63, 3.8) is 0 Å². The zero-order valence-corrected chi connectivity index (χ0v) is 19.6. The van der Waals surface area contributed by atoms with Gasteiger partial charge in [-0.1, -0.05) is 31.2 Å². The number of methoxy groups -OCH3 is 1. The number of rotatable bonds is 7. The summed E-state index contributed by atoms with van der Waals surface area (Å²) < 4.78 is 13.2. The van der Waals surface area contributed by atoms with Crippen molar-refractivity contribution in [2.24, 2.45) is 0 Å². The Morgan fingerprint density at radius 3 is 2.53 bits per heavy atom. The lowest BCUT2D eigenvalue weighted by Crippen LogP contribution is -2.26. The molecule has 0 N–H and O–H groups in total. The quantitative estimate of drug-likeness (QED) is 0.302. The summed E-state index contributed by atoms with van der Waals surface area (Å²) in [5.41, 5.74) is 6.42. The molecule has 0 spiro atoms. The van der Waals surface area contributed by atoms with Gasteiger partial charge in [-0.05, 0) is 66.4 Å². The molecular weight excluding hydrogens is 424 g/mol. The smallest absolute Gasteiger partial charge is 0.157 e. The summed E-state index contributed by atoms with van der Waals surface area (Å²) in [6.07, 6.45) is 2.49. The molecule has 0 aliphatic rings. The second kappa shape index (κ2) is 8.95. The first-order valence-corrected chi connectivity index (χ1v) is 11.4. The van der Waals surface area contributed by atoms with Crippen LogP contribution in [0.5, 0.6) is 5.75 Å². The predicted molar refractivity (Wildman–Crippen MR) is 133 cm³/mol. The summed E-state index contributed by atoms with van der Waals surface area (Å²) in [6, 6.07) is 22.5. The Morgan fingerprint density at radius 1 is 1.06 bits per heavy atom. The number of imidazole rings is 1. The fourth-order valence-corrected chi connectivity index (χ4v) is 4.67. The fourth-order valence-electron chi connectivity index (χ4n) is 4.67. The lowest BCUT2D eigenvalue weighted by Gasteiger charge is -2.29. The molecule has 0 aliphatic carbocycles. The van der Waals surface area contributed by atoms with Gasteiger partial charge in [-0.3, -0.25) is 4.40 Å². The van der Waals surface area contributed by atoms with E-state index >= 15 is 0 Å². The van der Waals surface area contributed by atoms with Crippen LogP contribution in [0, 0.1) is 18.3 Å². The molecule has 0 saturated heterocycles. The van der Waals surface area contributed by atoms with Gasteiger partial charge in [0.2, 0.25) is 0 Å². The number of nitriles is 1. The Kier molecular flexibility index (Phi) is 5.69. The van der Waals surface area contributed by atoms with Gasteiger partial charge in [0.1, 0.15) is 23.4 Å². The Bertz CT molecular complexity index is 1490. The highest BCUT2D eigenvalue weighted by atomic mass is 16.5. The number of furan rings is 1. The molecule has 6 heteroatoms. The number of hydrogen-bond acceptors (Lipinski definition) is 5. The Balaban J connectivity index is 1.78. The van der Waals surface area contributed by atoms with E-state index in [2.05, 4.69) is 40.5 Å². The van der Waals surface area contributed by atoms with E-state index in [1.165, 1.54) is 0 Å². The minimum atomic E-state index is 0.582. The zero-order valence-electron chi connectivity index (χ0n) is 19.6. The molecular formula is C28H26N4O2. The molecule has 0 aliphatic heterocycles. The van der Waals surface area contributed by atoms with Gasteiger partial charge in [0, 0.05) is 6.54 Å². The van der Waals surface area contributed by atoms with E-state index in [1.54, 1.807) is 13.4 Å². The van der Waals surface area contributed by atoms with E-state index in [-0.39, 0.29) is 0 Å². The summed E-state index contributed by atoms with van der Waals surface area (Å²) >= 11 is 0. The molecule has 6 nitrogen and oxygen atoms in total. The van der Waals surface area contributed by atoms with Crippen LogP contribution in [0.1, 0.15) is 34.9 Å². The van der Waals surface area contributed by atoms with E-state index < -0.39 is 0 Å². The molecule has 3 aromatic heterocycles. The third kappa shape index (κ3) is 3.65. The minimum Gasteiger partial charge on any atom is -0.497 e. The number of fused-ring (bicyclic) bond motifs is 3. The van der Waals surface area contributed by atoms with Crippen LogP contribution >= 0.6 is 0 Å². The monoisotopic (exact) mass is 450 g/mol. The van der Waals surface area contributed by atoms with Gasteiger partial charge in [0.25, 0.3) is 0 Å². The molecule has 170 valence electrons. The first-order valence-electron chi connectivity index (χ1n) is 11.4. The lowest BCUT2D eigenvalue weighted by atomic mass is 10.0. The predicted octanol–water partition coefficient (Wildman–Crippen LogP) is 6.04. The highest BCUT2D eigenvalue weighted by molar-refractivity contribution is 5.86. The molecule has 0 bridgehead atoms. The lowest BCUT2D eigenvalue weighted by molar-refractivity contribution is 0.414. The molecule has 0 radical (unpaired) electrons.